The Balaban J connectivity index is 1.88. The Labute approximate surface area is 162 Å². The molecule has 0 atom stereocenters. The van der Waals surface area contributed by atoms with E-state index in [-0.39, 0.29) is 0 Å². The molecule has 1 fully saturated rings. The lowest BCUT2D eigenvalue weighted by molar-refractivity contribution is 0.439. The first-order valence-electron chi connectivity index (χ1n) is 10.1. The van der Waals surface area contributed by atoms with E-state index in [9.17, 15) is 0 Å². The van der Waals surface area contributed by atoms with Gasteiger partial charge in [-0.25, -0.2) is 0 Å². The summed E-state index contributed by atoms with van der Waals surface area (Å²) in [6.07, 6.45) is 6.14. The molecule has 0 bridgehead atoms. The lowest BCUT2D eigenvalue weighted by atomic mass is 9.83. The highest BCUT2D eigenvalue weighted by atomic mass is 15.0. The van der Waals surface area contributed by atoms with Gasteiger partial charge in [-0.3, -0.25) is 0 Å². The monoisotopic (exact) mass is 356 g/mol. The summed E-state index contributed by atoms with van der Waals surface area (Å²) in [5.74, 6) is 0.398. The Morgan fingerprint density at radius 1 is 0.889 bits per heavy atom. The maximum atomic E-state index is 9.01. The first-order chi connectivity index (χ1) is 13.1. The number of hydrogen-bond acceptors (Lipinski definition) is 1. The lowest BCUT2D eigenvalue weighted by Gasteiger charge is -2.23. The largest absolute Gasteiger partial charge is 0.313 e. The van der Waals surface area contributed by atoms with Crippen LogP contribution in [0.25, 0.3) is 16.9 Å². The van der Waals surface area contributed by atoms with Crippen LogP contribution in [0.3, 0.4) is 0 Å². The average Bonchev–Trinajstić information content (AvgIpc) is 3.06. The quantitative estimate of drug-likeness (QED) is 0.503. The topological polar surface area (TPSA) is 28.8 Å². The number of aromatic nitrogens is 1. The maximum Gasteiger partial charge on any atom is 0.0621 e. The minimum Gasteiger partial charge on any atom is -0.313 e. The molecular weight excluding hydrogens is 328 g/mol. The molecular formula is C25H28N2. The van der Waals surface area contributed by atoms with Gasteiger partial charge in [0, 0.05) is 28.6 Å². The number of nitrogens with zero attached hydrogens (tertiary/aromatic N) is 1. The van der Waals surface area contributed by atoms with E-state index in [1.54, 1.807) is 0 Å². The van der Waals surface area contributed by atoms with Gasteiger partial charge in [-0.05, 0) is 50.5 Å². The summed E-state index contributed by atoms with van der Waals surface area (Å²) < 4.78 is 2.32. The Kier molecular flexibility index (Phi) is 4.98. The third-order valence-electron chi connectivity index (χ3n) is 5.83. The van der Waals surface area contributed by atoms with Gasteiger partial charge in [0.25, 0.3) is 0 Å². The van der Waals surface area contributed by atoms with E-state index >= 15 is 0 Å². The maximum absolute atomic E-state index is 9.01. The van der Waals surface area contributed by atoms with Gasteiger partial charge in [-0.2, -0.15) is 0 Å². The highest BCUT2D eigenvalue weighted by Crippen LogP contribution is 2.35. The van der Waals surface area contributed by atoms with E-state index in [0.717, 1.165) is 29.8 Å². The SMILES string of the molecule is Cc1ccc(-n2c(C)cc(C(=N)C3CCCCC3)c2-c2ccccc2)cc1. The van der Waals surface area contributed by atoms with Crippen molar-refractivity contribution in [2.24, 2.45) is 5.92 Å². The lowest BCUT2D eigenvalue weighted by Crippen LogP contribution is -2.18. The predicted molar refractivity (Wildman–Crippen MR) is 114 cm³/mol. The molecule has 4 rings (SSSR count). The van der Waals surface area contributed by atoms with Crippen molar-refractivity contribution in [1.29, 1.82) is 5.41 Å². The van der Waals surface area contributed by atoms with Crippen LogP contribution in [-0.2, 0) is 0 Å². The molecule has 0 spiro atoms. The van der Waals surface area contributed by atoms with Gasteiger partial charge in [-0.15, -0.1) is 0 Å². The molecule has 2 nitrogen and oxygen atoms in total. The zero-order valence-electron chi connectivity index (χ0n) is 16.3. The summed E-state index contributed by atoms with van der Waals surface area (Å²) in [4.78, 5) is 0. The van der Waals surface area contributed by atoms with Crippen LogP contribution in [-0.4, -0.2) is 10.3 Å². The van der Waals surface area contributed by atoms with Gasteiger partial charge in [-0.1, -0.05) is 67.3 Å². The molecule has 1 heterocycles. The molecule has 0 aliphatic heterocycles. The summed E-state index contributed by atoms with van der Waals surface area (Å²) >= 11 is 0. The summed E-state index contributed by atoms with van der Waals surface area (Å²) in [5, 5.41) is 9.01. The van der Waals surface area contributed by atoms with E-state index in [4.69, 9.17) is 5.41 Å². The van der Waals surface area contributed by atoms with Crippen LogP contribution in [0, 0.1) is 25.2 Å². The second kappa shape index (κ2) is 7.56. The molecule has 27 heavy (non-hydrogen) atoms. The van der Waals surface area contributed by atoms with Crippen LogP contribution in [0.2, 0.25) is 0 Å². The van der Waals surface area contributed by atoms with E-state index in [2.05, 4.69) is 79.1 Å². The predicted octanol–water partition coefficient (Wildman–Crippen LogP) is 6.71. The molecule has 1 aliphatic rings. The van der Waals surface area contributed by atoms with Gasteiger partial charge < -0.3 is 9.98 Å². The van der Waals surface area contributed by atoms with E-state index < -0.39 is 0 Å². The number of hydrogen-bond donors (Lipinski definition) is 1. The Morgan fingerprint density at radius 3 is 2.22 bits per heavy atom. The van der Waals surface area contributed by atoms with Crippen LogP contribution in [0.5, 0.6) is 0 Å². The van der Waals surface area contributed by atoms with Crippen LogP contribution < -0.4 is 0 Å². The molecule has 1 saturated carbocycles. The Morgan fingerprint density at radius 2 is 1.56 bits per heavy atom. The van der Waals surface area contributed by atoms with E-state index in [1.807, 2.05) is 0 Å². The zero-order valence-corrected chi connectivity index (χ0v) is 16.3. The van der Waals surface area contributed by atoms with Crippen molar-refractivity contribution < 1.29 is 0 Å². The Bertz CT molecular complexity index is 926. The van der Waals surface area contributed by atoms with Crippen LogP contribution in [0.1, 0.15) is 48.9 Å². The van der Waals surface area contributed by atoms with Crippen LogP contribution in [0.15, 0.2) is 60.7 Å². The highest BCUT2D eigenvalue weighted by molar-refractivity contribution is 6.05. The molecule has 2 heteroatoms. The third kappa shape index (κ3) is 3.49. The highest BCUT2D eigenvalue weighted by Gasteiger charge is 2.25. The van der Waals surface area contributed by atoms with Crippen molar-refractivity contribution in [2.75, 3.05) is 0 Å². The first-order valence-corrected chi connectivity index (χ1v) is 10.1. The number of rotatable bonds is 4. The molecule has 0 amide bonds. The number of benzene rings is 2. The van der Waals surface area contributed by atoms with Gasteiger partial charge in [0.05, 0.1) is 5.69 Å². The third-order valence-corrected chi connectivity index (χ3v) is 5.83. The molecule has 1 N–H and O–H groups in total. The fourth-order valence-electron chi connectivity index (χ4n) is 4.36. The van der Waals surface area contributed by atoms with Crippen molar-refractivity contribution in [2.45, 2.75) is 46.0 Å². The van der Waals surface area contributed by atoms with Crippen molar-refractivity contribution in [3.8, 4) is 16.9 Å². The average molecular weight is 357 g/mol. The fraction of sp³-hybridized carbons (Fsp3) is 0.320. The molecule has 1 aromatic heterocycles. The second-order valence-corrected chi connectivity index (χ2v) is 7.83. The van der Waals surface area contributed by atoms with Crippen LogP contribution >= 0.6 is 0 Å². The van der Waals surface area contributed by atoms with Crippen molar-refractivity contribution >= 4 is 5.71 Å². The van der Waals surface area contributed by atoms with Crippen molar-refractivity contribution in [1.82, 2.24) is 4.57 Å². The molecule has 1 aliphatic carbocycles. The zero-order chi connectivity index (χ0) is 18.8. The smallest absolute Gasteiger partial charge is 0.0621 e. The van der Waals surface area contributed by atoms with Crippen LogP contribution in [0.4, 0.5) is 0 Å². The summed E-state index contributed by atoms with van der Waals surface area (Å²) in [5.41, 5.74) is 7.89. The van der Waals surface area contributed by atoms with Gasteiger partial charge in [0.1, 0.15) is 0 Å². The van der Waals surface area contributed by atoms with E-state index in [1.165, 1.54) is 41.8 Å². The number of aryl methyl sites for hydroxylation is 2. The summed E-state index contributed by atoms with van der Waals surface area (Å²) in [7, 11) is 0. The molecule has 0 saturated heterocycles. The Hall–Kier alpha value is -2.61. The molecule has 3 aromatic rings. The standard InChI is InChI=1S/C25H28N2/c1-18-13-15-22(16-14-18)27-19(2)17-23(24(26)20-9-5-3-6-10-20)25(27)21-11-7-4-8-12-21/h4,7-8,11-17,20,26H,3,5-6,9-10H2,1-2H3. The minimum atomic E-state index is 0.398. The molecule has 138 valence electrons. The normalized spacial score (nSPS) is 15.0. The number of nitrogens with one attached hydrogen (secondary N) is 1. The van der Waals surface area contributed by atoms with Gasteiger partial charge >= 0.3 is 0 Å². The molecule has 0 radical (unpaired) electrons. The molecule has 0 unspecified atom stereocenters. The minimum absolute atomic E-state index is 0.398. The first kappa shape index (κ1) is 17.8. The second-order valence-electron chi connectivity index (χ2n) is 7.83. The fourth-order valence-corrected chi connectivity index (χ4v) is 4.36. The molecule has 2 aromatic carbocycles. The van der Waals surface area contributed by atoms with Gasteiger partial charge in [0.2, 0.25) is 0 Å². The van der Waals surface area contributed by atoms with E-state index in [0.29, 0.717) is 5.92 Å². The summed E-state index contributed by atoms with van der Waals surface area (Å²) in [6.45, 7) is 4.28. The summed E-state index contributed by atoms with van der Waals surface area (Å²) in [6, 6.07) is 21.5. The van der Waals surface area contributed by atoms with Gasteiger partial charge in [0.15, 0.2) is 0 Å². The van der Waals surface area contributed by atoms with Crippen molar-refractivity contribution in [3.05, 3.63) is 77.5 Å². The van der Waals surface area contributed by atoms with Crippen molar-refractivity contribution in [3.63, 3.8) is 0 Å².